The molecule has 3 fully saturated rings. The topological polar surface area (TPSA) is 193 Å². The van der Waals surface area contributed by atoms with E-state index >= 15 is 0 Å². The fourth-order valence-corrected chi connectivity index (χ4v) is 9.13. The molecular formula is C39H38ClN7O7S2. The van der Waals surface area contributed by atoms with Crippen LogP contribution >= 0.6 is 22.9 Å². The summed E-state index contributed by atoms with van der Waals surface area (Å²) < 4.78 is 39.5. The van der Waals surface area contributed by atoms with Gasteiger partial charge in [0.25, 0.3) is 5.91 Å². The molecule has 2 aromatic carbocycles. The van der Waals surface area contributed by atoms with Crippen molar-refractivity contribution >= 4 is 66.6 Å². The number of rotatable bonds is 14. The van der Waals surface area contributed by atoms with E-state index in [4.69, 9.17) is 21.1 Å². The van der Waals surface area contributed by atoms with Crippen molar-refractivity contribution < 1.29 is 32.3 Å². The number of likely N-dealkylation sites (tertiary alicyclic amines) is 1. The van der Waals surface area contributed by atoms with Gasteiger partial charge in [-0.15, -0.1) is 17.9 Å². The summed E-state index contributed by atoms with van der Waals surface area (Å²) in [5.41, 5.74) is 0.812. The van der Waals surface area contributed by atoms with Crippen LogP contribution in [-0.4, -0.2) is 83.6 Å². The van der Waals surface area contributed by atoms with Gasteiger partial charge in [0.15, 0.2) is 5.13 Å². The maximum Gasteiger partial charge on any atom is 0.259 e. The number of halogens is 1. The summed E-state index contributed by atoms with van der Waals surface area (Å²) >= 11 is 7.62. The lowest BCUT2D eigenvalue weighted by Crippen LogP contribution is -2.57. The molecule has 56 heavy (non-hydrogen) atoms. The van der Waals surface area contributed by atoms with E-state index in [0.717, 1.165) is 5.56 Å². The van der Waals surface area contributed by atoms with E-state index in [-0.39, 0.29) is 25.3 Å². The van der Waals surface area contributed by atoms with Crippen LogP contribution < -0.4 is 24.8 Å². The SMILES string of the molecule is C=C[C@@H]1C[C@]1(NC(=O)[C@@H]1C[C@@H](Oc2ncc(OC)c3ccc(Cl)cc23)CN1C(=O)[C@@H](Nc1nc(-c2ccc(C#N)cc2)cs1)C(=C)C)C(=O)NS(=O)(=O)C1CC1. The zero-order chi connectivity index (χ0) is 39.9. The molecular weight excluding hydrogens is 778 g/mol. The number of hydrogen-bond donors (Lipinski definition) is 3. The second-order valence-electron chi connectivity index (χ2n) is 14.1. The lowest BCUT2D eigenvalue weighted by atomic mass is 10.1. The Labute approximate surface area is 332 Å². The predicted octanol–water partition coefficient (Wildman–Crippen LogP) is 4.97. The number of benzene rings is 2. The highest BCUT2D eigenvalue weighted by atomic mass is 35.5. The molecule has 0 bridgehead atoms. The number of aromatic nitrogens is 2. The number of carbonyl (C=O) groups is 3. The Hall–Kier alpha value is -5.50. The minimum Gasteiger partial charge on any atom is -0.494 e. The minimum absolute atomic E-state index is 0.00712. The molecule has 0 spiro atoms. The minimum atomic E-state index is -3.91. The molecule has 2 aromatic heterocycles. The van der Waals surface area contributed by atoms with Crippen LogP contribution in [0.1, 0.15) is 38.2 Å². The number of fused-ring (bicyclic) bond motifs is 1. The van der Waals surface area contributed by atoms with Gasteiger partial charge in [0, 0.05) is 39.1 Å². The largest absolute Gasteiger partial charge is 0.494 e. The van der Waals surface area contributed by atoms with Crippen molar-refractivity contribution in [1.82, 2.24) is 24.9 Å². The summed E-state index contributed by atoms with van der Waals surface area (Å²) in [5.74, 6) is -1.83. The van der Waals surface area contributed by atoms with Crippen LogP contribution in [0.25, 0.3) is 22.0 Å². The average molecular weight is 816 g/mol. The predicted molar refractivity (Wildman–Crippen MR) is 212 cm³/mol. The molecule has 3 aliphatic rings. The van der Waals surface area contributed by atoms with E-state index in [2.05, 4.69) is 44.6 Å². The van der Waals surface area contributed by atoms with Gasteiger partial charge in [0.05, 0.1) is 42.4 Å². The molecule has 0 radical (unpaired) electrons. The summed E-state index contributed by atoms with van der Waals surface area (Å²) in [6.07, 6.45) is 3.31. The number of ether oxygens (including phenoxy) is 2. The number of methoxy groups -OCH3 is 1. The van der Waals surface area contributed by atoms with Gasteiger partial charge < -0.3 is 25.0 Å². The van der Waals surface area contributed by atoms with Crippen molar-refractivity contribution in [2.45, 2.75) is 61.6 Å². The normalized spacial score (nSPS) is 22.0. The number of nitrogens with one attached hydrogen (secondary N) is 3. The molecule has 290 valence electrons. The molecule has 2 saturated carbocycles. The Balaban J connectivity index is 1.17. The van der Waals surface area contributed by atoms with E-state index in [0.29, 0.717) is 56.3 Å². The van der Waals surface area contributed by atoms with Crippen molar-refractivity contribution in [1.29, 1.82) is 5.26 Å². The fraction of sp³-hybridized carbons (Fsp3) is 0.333. The van der Waals surface area contributed by atoms with E-state index < -0.39 is 62.6 Å². The molecule has 1 saturated heterocycles. The first kappa shape index (κ1) is 38.8. The molecule has 17 heteroatoms. The highest BCUT2D eigenvalue weighted by molar-refractivity contribution is 7.91. The molecule has 3 heterocycles. The third kappa shape index (κ3) is 7.66. The second-order valence-corrected chi connectivity index (χ2v) is 17.4. The summed E-state index contributed by atoms with van der Waals surface area (Å²) in [6, 6.07) is 12.0. The van der Waals surface area contributed by atoms with Gasteiger partial charge in [-0.2, -0.15) is 5.26 Å². The molecule has 2 aliphatic carbocycles. The van der Waals surface area contributed by atoms with E-state index in [1.54, 1.807) is 49.4 Å². The van der Waals surface area contributed by atoms with Gasteiger partial charge in [-0.1, -0.05) is 36.4 Å². The summed E-state index contributed by atoms with van der Waals surface area (Å²) in [5, 5.41) is 18.4. The highest BCUT2D eigenvalue weighted by Gasteiger charge is 2.62. The van der Waals surface area contributed by atoms with Crippen molar-refractivity contribution in [3.8, 4) is 29.0 Å². The second kappa shape index (κ2) is 15.2. The van der Waals surface area contributed by atoms with Gasteiger partial charge in [0.1, 0.15) is 29.5 Å². The van der Waals surface area contributed by atoms with E-state index in [1.807, 2.05) is 5.38 Å². The summed E-state index contributed by atoms with van der Waals surface area (Å²) in [4.78, 5) is 53.0. The van der Waals surface area contributed by atoms with Crippen LogP contribution in [0.3, 0.4) is 0 Å². The maximum atomic E-state index is 14.6. The highest BCUT2D eigenvalue weighted by Crippen LogP contribution is 2.46. The van der Waals surface area contributed by atoms with Crippen LogP contribution in [-0.2, 0) is 24.4 Å². The standard InChI is InChI=1S/C39H38ClN7O7S2/c1-5-24-16-39(24,37(50)46-56(51,52)27-11-12-27)45-34(48)31-15-26(54-35-29-14-25(40)10-13-28(29)32(53-4)18-42-35)19-47(31)36(49)33(21(2)3)44-38-43-30(20-55-38)23-8-6-22(17-41)7-9-23/h5-10,13-14,18,20,24,26-27,31,33H,1-2,11-12,15-16,19H2,3-4H3,(H,43,44)(H,45,48)(H,46,50)/t24-,26-,31+,33+,39-/m1/s1. The quantitative estimate of drug-likeness (QED) is 0.146. The molecule has 7 rings (SSSR count). The van der Waals surface area contributed by atoms with Crippen LogP contribution in [0.5, 0.6) is 11.6 Å². The zero-order valence-electron chi connectivity index (χ0n) is 30.5. The van der Waals surface area contributed by atoms with Crippen molar-refractivity contribution in [3.63, 3.8) is 0 Å². The number of hydrogen-bond acceptors (Lipinski definition) is 12. The number of thiazole rings is 1. The first-order chi connectivity index (χ1) is 26.8. The lowest BCUT2D eigenvalue weighted by molar-refractivity contribution is -0.139. The van der Waals surface area contributed by atoms with Gasteiger partial charge in [-0.25, -0.2) is 18.4 Å². The number of anilines is 1. The van der Waals surface area contributed by atoms with E-state index in [9.17, 15) is 28.1 Å². The molecule has 0 unspecified atom stereocenters. The molecule has 1 aliphatic heterocycles. The summed E-state index contributed by atoms with van der Waals surface area (Å²) in [7, 11) is -2.39. The average Bonchev–Trinajstić information content (AvgIpc) is 4.07. The van der Waals surface area contributed by atoms with Gasteiger partial charge in [0.2, 0.25) is 27.7 Å². The number of nitrogens with zero attached hydrogens (tertiary/aromatic N) is 4. The molecule has 4 aromatic rings. The van der Waals surface area contributed by atoms with E-state index in [1.165, 1.54) is 35.6 Å². The zero-order valence-corrected chi connectivity index (χ0v) is 32.8. The Morgan fingerprint density at radius 3 is 2.57 bits per heavy atom. The van der Waals surface area contributed by atoms with Crippen molar-refractivity contribution in [2.75, 3.05) is 19.0 Å². The number of amides is 3. The number of carbonyl (C=O) groups excluding carboxylic acids is 3. The number of sulfonamides is 1. The molecule has 3 amide bonds. The smallest absolute Gasteiger partial charge is 0.259 e. The number of nitriles is 1. The summed E-state index contributed by atoms with van der Waals surface area (Å²) in [6.45, 7) is 9.47. The van der Waals surface area contributed by atoms with Gasteiger partial charge in [-0.3, -0.25) is 19.1 Å². The Kier molecular flexibility index (Phi) is 10.5. The third-order valence-electron chi connectivity index (χ3n) is 10.2. The Bertz CT molecular complexity index is 2410. The molecule has 14 nitrogen and oxygen atoms in total. The fourth-order valence-electron chi connectivity index (χ4n) is 6.85. The van der Waals surface area contributed by atoms with Crippen molar-refractivity contribution in [2.24, 2.45) is 5.92 Å². The van der Waals surface area contributed by atoms with Crippen LogP contribution in [0.4, 0.5) is 5.13 Å². The van der Waals surface area contributed by atoms with Crippen molar-refractivity contribution in [3.05, 3.63) is 89.4 Å². The van der Waals surface area contributed by atoms with Crippen LogP contribution in [0, 0.1) is 17.2 Å². The monoisotopic (exact) mass is 815 g/mol. The Morgan fingerprint density at radius 1 is 1.18 bits per heavy atom. The first-order valence-corrected chi connectivity index (χ1v) is 20.5. The maximum absolute atomic E-state index is 14.6. The van der Waals surface area contributed by atoms with Gasteiger partial charge in [-0.05, 0) is 62.1 Å². The molecule has 3 N–H and O–H groups in total. The Morgan fingerprint density at radius 2 is 1.93 bits per heavy atom. The first-order valence-electron chi connectivity index (χ1n) is 17.7. The van der Waals surface area contributed by atoms with Crippen LogP contribution in [0.15, 0.2) is 78.8 Å². The third-order valence-corrected chi connectivity index (χ3v) is 13.0. The molecule has 5 atom stereocenters. The van der Waals surface area contributed by atoms with Crippen LogP contribution in [0.2, 0.25) is 5.02 Å². The number of pyridine rings is 1. The van der Waals surface area contributed by atoms with Gasteiger partial charge >= 0.3 is 0 Å². The lowest BCUT2D eigenvalue weighted by Gasteiger charge is -2.30.